The molecule has 0 aliphatic rings. The van der Waals surface area contributed by atoms with Crippen LogP contribution in [0.15, 0.2) is 42.5 Å². The molecule has 0 radical (unpaired) electrons. The second-order valence-electron chi connectivity index (χ2n) is 4.64. The molecule has 1 heterocycles. The molecule has 3 rings (SSSR count). The maximum atomic E-state index is 2.44. The largest absolute Gasteiger partial charge is 0.340 e. The summed E-state index contributed by atoms with van der Waals surface area (Å²) < 4.78 is 2.44. The standard InChI is InChI=1S/C16H17N/c1-3-11-17-14-9-5-4-8-13(14)16-12(2)7-6-10-15(16)17/h4-10H,3,11H2,1-2H3. The molecule has 2 aromatic carbocycles. The molecular weight excluding hydrogens is 206 g/mol. The molecule has 1 heteroatoms. The van der Waals surface area contributed by atoms with Gasteiger partial charge in [0.2, 0.25) is 0 Å². The number of para-hydroxylation sites is 1. The highest BCUT2D eigenvalue weighted by Gasteiger charge is 2.10. The van der Waals surface area contributed by atoms with Crippen LogP contribution in [0.3, 0.4) is 0 Å². The molecule has 0 saturated carbocycles. The van der Waals surface area contributed by atoms with Crippen molar-refractivity contribution in [2.75, 3.05) is 0 Å². The van der Waals surface area contributed by atoms with Crippen LogP contribution in [0, 0.1) is 6.92 Å². The van der Waals surface area contributed by atoms with Crippen LogP contribution in [0.5, 0.6) is 0 Å². The minimum atomic E-state index is 1.09. The van der Waals surface area contributed by atoms with Crippen LogP contribution in [0.2, 0.25) is 0 Å². The molecule has 1 aromatic heterocycles. The van der Waals surface area contributed by atoms with Crippen molar-refractivity contribution in [1.29, 1.82) is 0 Å². The smallest absolute Gasteiger partial charge is 0.0494 e. The molecule has 0 spiro atoms. The van der Waals surface area contributed by atoms with Gasteiger partial charge >= 0.3 is 0 Å². The highest BCUT2D eigenvalue weighted by atomic mass is 15.0. The Morgan fingerprint density at radius 1 is 0.941 bits per heavy atom. The molecule has 0 aliphatic heterocycles. The molecular formula is C16H17N. The Balaban J connectivity index is 2.53. The van der Waals surface area contributed by atoms with E-state index in [-0.39, 0.29) is 0 Å². The topological polar surface area (TPSA) is 4.93 Å². The van der Waals surface area contributed by atoms with Gasteiger partial charge in [-0.15, -0.1) is 0 Å². The van der Waals surface area contributed by atoms with E-state index in [0.717, 1.165) is 6.54 Å². The average molecular weight is 223 g/mol. The van der Waals surface area contributed by atoms with Crippen LogP contribution in [0.25, 0.3) is 21.8 Å². The summed E-state index contributed by atoms with van der Waals surface area (Å²) >= 11 is 0. The summed E-state index contributed by atoms with van der Waals surface area (Å²) in [7, 11) is 0. The maximum Gasteiger partial charge on any atom is 0.0494 e. The maximum absolute atomic E-state index is 2.44. The minimum Gasteiger partial charge on any atom is -0.340 e. The summed E-state index contributed by atoms with van der Waals surface area (Å²) in [5.41, 5.74) is 4.10. The van der Waals surface area contributed by atoms with E-state index in [0.29, 0.717) is 0 Å². The Bertz CT molecular complexity index is 676. The molecule has 0 saturated heterocycles. The third-order valence-electron chi connectivity index (χ3n) is 3.45. The van der Waals surface area contributed by atoms with Crippen LogP contribution in [0.4, 0.5) is 0 Å². The fraction of sp³-hybridized carbons (Fsp3) is 0.250. The van der Waals surface area contributed by atoms with Gasteiger partial charge in [0.1, 0.15) is 0 Å². The lowest BCUT2D eigenvalue weighted by Gasteiger charge is -2.04. The van der Waals surface area contributed by atoms with Gasteiger partial charge in [-0.2, -0.15) is 0 Å². The van der Waals surface area contributed by atoms with Crippen molar-refractivity contribution in [2.45, 2.75) is 26.8 Å². The van der Waals surface area contributed by atoms with Gasteiger partial charge in [-0.25, -0.2) is 0 Å². The van der Waals surface area contributed by atoms with Crippen molar-refractivity contribution in [3.8, 4) is 0 Å². The third kappa shape index (κ3) is 1.46. The van der Waals surface area contributed by atoms with E-state index in [9.17, 15) is 0 Å². The monoisotopic (exact) mass is 223 g/mol. The summed E-state index contributed by atoms with van der Waals surface area (Å²) in [6.07, 6.45) is 1.17. The van der Waals surface area contributed by atoms with Crippen LogP contribution in [0.1, 0.15) is 18.9 Å². The Morgan fingerprint density at radius 3 is 2.53 bits per heavy atom. The van der Waals surface area contributed by atoms with E-state index < -0.39 is 0 Å². The lowest BCUT2D eigenvalue weighted by molar-refractivity contribution is 0.724. The molecule has 1 nitrogen and oxygen atoms in total. The second kappa shape index (κ2) is 3.92. The van der Waals surface area contributed by atoms with Crippen molar-refractivity contribution in [3.63, 3.8) is 0 Å². The first-order chi connectivity index (χ1) is 8.33. The Hall–Kier alpha value is -1.76. The predicted molar refractivity (Wildman–Crippen MR) is 74.5 cm³/mol. The van der Waals surface area contributed by atoms with Crippen molar-refractivity contribution in [3.05, 3.63) is 48.0 Å². The van der Waals surface area contributed by atoms with Gasteiger partial charge < -0.3 is 4.57 Å². The van der Waals surface area contributed by atoms with Gasteiger partial charge in [0.25, 0.3) is 0 Å². The number of aryl methyl sites for hydroxylation is 2. The van der Waals surface area contributed by atoms with Gasteiger partial charge in [-0.05, 0) is 31.0 Å². The summed E-state index contributed by atoms with van der Waals surface area (Å²) in [5, 5.41) is 2.80. The highest BCUT2D eigenvalue weighted by molar-refractivity contribution is 6.09. The first-order valence-corrected chi connectivity index (χ1v) is 6.29. The molecule has 3 aromatic rings. The number of nitrogens with zero attached hydrogens (tertiary/aromatic N) is 1. The Kier molecular flexibility index (Phi) is 2.40. The zero-order chi connectivity index (χ0) is 11.8. The number of fused-ring (bicyclic) bond motifs is 3. The second-order valence-corrected chi connectivity index (χ2v) is 4.64. The molecule has 86 valence electrons. The summed E-state index contributed by atoms with van der Waals surface area (Å²) in [5.74, 6) is 0. The van der Waals surface area contributed by atoms with Crippen LogP contribution >= 0.6 is 0 Å². The lowest BCUT2D eigenvalue weighted by Crippen LogP contribution is -1.95. The van der Waals surface area contributed by atoms with E-state index in [4.69, 9.17) is 0 Å². The Morgan fingerprint density at radius 2 is 1.71 bits per heavy atom. The van der Waals surface area contributed by atoms with Crippen molar-refractivity contribution >= 4 is 21.8 Å². The SMILES string of the molecule is CCCn1c2ccccc2c2c(C)cccc21. The fourth-order valence-electron chi connectivity index (χ4n) is 2.74. The molecule has 0 aliphatic carbocycles. The number of rotatable bonds is 2. The van der Waals surface area contributed by atoms with E-state index in [1.165, 1.54) is 33.8 Å². The normalized spacial score (nSPS) is 11.4. The summed E-state index contributed by atoms with van der Waals surface area (Å²) in [6.45, 7) is 5.52. The first kappa shape index (κ1) is 10.4. The van der Waals surface area contributed by atoms with Crippen LogP contribution < -0.4 is 0 Å². The number of hydrogen-bond acceptors (Lipinski definition) is 0. The number of benzene rings is 2. The molecule has 17 heavy (non-hydrogen) atoms. The quantitative estimate of drug-likeness (QED) is 0.602. The van der Waals surface area contributed by atoms with E-state index >= 15 is 0 Å². The first-order valence-electron chi connectivity index (χ1n) is 6.29. The minimum absolute atomic E-state index is 1.09. The number of aromatic nitrogens is 1. The summed E-state index contributed by atoms with van der Waals surface area (Å²) in [6, 6.07) is 15.3. The fourth-order valence-corrected chi connectivity index (χ4v) is 2.74. The van der Waals surface area contributed by atoms with Gasteiger partial charge in [0.15, 0.2) is 0 Å². The van der Waals surface area contributed by atoms with Gasteiger partial charge in [0, 0.05) is 28.4 Å². The molecule has 0 fully saturated rings. The molecule has 0 N–H and O–H groups in total. The van der Waals surface area contributed by atoms with Gasteiger partial charge in [0.05, 0.1) is 0 Å². The van der Waals surface area contributed by atoms with E-state index in [1.54, 1.807) is 0 Å². The third-order valence-corrected chi connectivity index (χ3v) is 3.45. The summed E-state index contributed by atoms with van der Waals surface area (Å²) in [4.78, 5) is 0. The zero-order valence-corrected chi connectivity index (χ0v) is 10.4. The predicted octanol–water partition coefficient (Wildman–Crippen LogP) is 4.51. The number of hydrogen-bond donors (Lipinski definition) is 0. The molecule has 0 atom stereocenters. The van der Waals surface area contributed by atoms with Gasteiger partial charge in [-0.1, -0.05) is 37.3 Å². The van der Waals surface area contributed by atoms with Crippen molar-refractivity contribution < 1.29 is 0 Å². The molecule has 0 unspecified atom stereocenters. The molecule has 0 amide bonds. The van der Waals surface area contributed by atoms with Crippen molar-refractivity contribution in [1.82, 2.24) is 4.57 Å². The average Bonchev–Trinajstić information content (AvgIpc) is 2.66. The van der Waals surface area contributed by atoms with Crippen LogP contribution in [-0.4, -0.2) is 4.57 Å². The van der Waals surface area contributed by atoms with Crippen LogP contribution in [-0.2, 0) is 6.54 Å². The molecule has 0 bridgehead atoms. The van der Waals surface area contributed by atoms with E-state index in [2.05, 4.69) is 60.9 Å². The van der Waals surface area contributed by atoms with Gasteiger partial charge in [-0.3, -0.25) is 0 Å². The highest BCUT2D eigenvalue weighted by Crippen LogP contribution is 2.31. The van der Waals surface area contributed by atoms with E-state index in [1.807, 2.05) is 0 Å². The zero-order valence-electron chi connectivity index (χ0n) is 10.4. The Labute approximate surface area is 102 Å². The van der Waals surface area contributed by atoms with Crippen molar-refractivity contribution in [2.24, 2.45) is 0 Å². The lowest BCUT2D eigenvalue weighted by atomic mass is 10.1.